The van der Waals surface area contributed by atoms with E-state index in [4.69, 9.17) is 28.0 Å². The highest BCUT2D eigenvalue weighted by Crippen LogP contribution is 2.28. The van der Waals surface area contributed by atoms with Crippen LogP contribution in [0.1, 0.15) is 6.42 Å². The molecule has 5 N–H and O–H groups in total. The first-order valence-corrected chi connectivity index (χ1v) is 8.43. The van der Waals surface area contributed by atoms with Crippen LogP contribution >= 0.6 is 11.8 Å². The average molecular weight is 372 g/mol. The minimum atomic E-state index is -3.85. The number of nitrogens with one attached hydrogen (secondary N) is 2. The summed E-state index contributed by atoms with van der Waals surface area (Å²) in [4.78, 5) is 14.4. The van der Waals surface area contributed by atoms with Crippen LogP contribution in [0.2, 0.25) is 0 Å². The van der Waals surface area contributed by atoms with Gasteiger partial charge in [0.25, 0.3) is 0 Å². The summed E-state index contributed by atoms with van der Waals surface area (Å²) in [6, 6.07) is 4.23. The molecule has 24 heavy (non-hydrogen) atoms. The molecule has 0 saturated heterocycles. The molecule has 1 aromatic heterocycles. The maximum absolute atomic E-state index is 12.2. The molecule has 0 amide bonds. The van der Waals surface area contributed by atoms with Gasteiger partial charge in [-0.3, -0.25) is 15.2 Å². The maximum Gasteiger partial charge on any atom is 0.304 e. The van der Waals surface area contributed by atoms with Gasteiger partial charge in [-0.15, -0.1) is 0 Å². The molecule has 128 valence electrons. The van der Waals surface area contributed by atoms with Gasteiger partial charge < -0.3 is 10.8 Å². The Balaban J connectivity index is 2.38. The van der Waals surface area contributed by atoms with Crippen molar-refractivity contribution in [3.05, 3.63) is 30.6 Å². The van der Waals surface area contributed by atoms with E-state index in [2.05, 4.69) is 9.71 Å². The Labute approximate surface area is 142 Å². The number of aromatic nitrogens is 1. The Morgan fingerprint density at radius 2 is 2.12 bits per heavy atom. The highest BCUT2D eigenvalue weighted by Gasteiger charge is 2.17. The average Bonchev–Trinajstić information content (AvgIpc) is 2.52. The molecule has 1 aromatic carbocycles. The standard InChI is InChI=1S/C13H14ClN5O4S/c14-19(13(15)16)11-7-17-6-8-5-9(1-2-10(8)11)24(22,23)18-4-3-12(20)21/h1-2,5-7,18H,3-4H2,(H3,15,16)(H,20,21). The van der Waals surface area contributed by atoms with Crippen molar-refractivity contribution in [3.63, 3.8) is 0 Å². The van der Waals surface area contributed by atoms with E-state index in [1.807, 2.05) is 0 Å². The quantitative estimate of drug-likeness (QED) is 0.334. The Hall–Kier alpha value is -2.43. The van der Waals surface area contributed by atoms with Crippen LogP contribution in [-0.4, -0.2) is 37.0 Å². The molecule has 0 radical (unpaired) electrons. The second-order valence-electron chi connectivity index (χ2n) is 4.75. The normalized spacial score (nSPS) is 11.4. The number of carbonyl (C=O) groups is 1. The summed E-state index contributed by atoms with van der Waals surface area (Å²) in [5.41, 5.74) is 5.67. The van der Waals surface area contributed by atoms with Gasteiger partial charge in [0.2, 0.25) is 16.0 Å². The van der Waals surface area contributed by atoms with Crippen LogP contribution in [0.4, 0.5) is 5.69 Å². The number of halogens is 1. The highest BCUT2D eigenvalue weighted by molar-refractivity contribution is 7.89. The van der Waals surface area contributed by atoms with Crippen molar-refractivity contribution in [3.8, 4) is 0 Å². The minimum Gasteiger partial charge on any atom is -0.481 e. The number of hydrogen-bond acceptors (Lipinski definition) is 5. The van der Waals surface area contributed by atoms with Crippen molar-refractivity contribution in [2.24, 2.45) is 5.73 Å². The Bertz CT molecular complexity index is 902. The summed E-state index contributed by atoms with van der Waals surface area (Å²) >= 11 is 5.91. The van der Waals surface area contributed by atoms with Crippen molar-refractivity contribution in [1.29, 1.82) is 5.41 Å². The number of fused-ring (bicyclic) bond motifs is 1. The third-order valence-corrected chi connectivity index (χ3v) is 4.90. The van der Waals surface area contributed by atoms with Crippen LogP contribution in [0.25, 0.3) is 10.8 Å². The Kier molecular flexibility index (Phi) is 5.22. The van der Waals surface area contributed by atoms with E-state index in [0.717, 1.165) is 4.42 Å². The van der Waals surface area contributed by atoms with E-state index in [-0.39, 0.29) is 17.9 Å². The first-order chi connectivity index (χ1) is 11.2. The fourth-order valence-corrected chi connectivity index (χ4v) is 3.17. The molecule has 0 spiro atoms. The van der Waals surface area contributed by atoms with Gasteiger partial charge in [-0.2, -0.15) is 0 Å². The van der Waals surface area contributed by atoms with Crippen LogP contribution in [0.3, 0.4) is 0 Å². The van der Waals surface area contributed by atoms with E-state index >= 15 is 0 Å². The lowest BCUT2D eigenvalue weighted by molar-refractivity contribution is -0.136. The number of nitrogens with zero attached hydrogens (tertiary/aromatic N) is 2. The number of aliphatic carboxylic acids is 1. The Morgan fingerprint density at radius 1 is 1.42 bits per heavy atom. The summed E-state index contributed by atoms with van der Waals surface area (Å²) < 4.78 is 27.4. The molecular weight excluding hydrogens is 358 g/mol. The zero-order chi connectivity index (χ0) is 17.9. The van der Waals surface area contributed by atoms with Gasteiger partial charge in [0.1, 0.15) is 0 Å². The molecule has 0 unspecified atom stereocenters. The van der Waals surface area contributed by atoms with E-state index in [0.29, 0.717) is 16.5 Å². The number of hydrogen-bond donors (Lipinski definition) is 4. The molecule has 1 heterocycles. The van der Waals surface area contributed by atoms with Gasteiger partial charge in [0.15, 0.2) is 0 Å². The first kappa shape index (κ1) is 17.9. The largest absolute Gasteiger partial charge is 0.481 e. The van der Waals surface area contributed by atoms with Gasteiger partial charge in [-0.1, -0.05) is 6.07 Å². The first-order valence-electron chi connectivity index (χ1n) is 6.61. The zero-order valence-electron chi connectivity index (χ0n) is 12.2. The monoisotopic (exact) mass is 371 g/mol. The lowest BCUT2D eigenvalue weighted by Crippen LogP contribution is -2.28. The van der Waals surface area contributed by atoms with Gasteiger partial charge in [0, 0.05) is 35.3 Å². The second kappa shape index (κ2) is 6.99. The molecule has 9 nitrogen and oxygen atoms in total. The van der Waals surface area contributed by atoms with Gasteiger partial charge in [0.05, 0.1) is 23.2 Å². The molecule has 0 bridgehead atoms. The van der Waals surface area contributed by atoms with E-state index < -0.39 is 22.0 Å². The third-order valence-electron chi connectivity index (χ3n) is 3.07. The van der Waals surface area contributed by atoms with Gasteiger partial charge in [-0.25, -0.2) is 17.6 Å². The number of carboxylic acid groups (broad SMARTS) is 1. The number of rotatable bonds is 6. The van der Waals surface area contributed by atoms with Crippen molar-refractivity contribution >= 4 is 50.2 Å². The summed E-state index contributed by atoms with van der Waals surface area (Å²) in [5.74, 6) is -1.51. The number of carboxylic acids is 1. The highest BCUT2D eigenvalue weighted by atomic mass is 35.5. The van der Waals surface area contributed by atoms with Gasteiger partial charge in [-0.05, 0) is 12.1 Å². The summed E-state index contributed by atoms with van der Waals surface area (Å²) in [7, 11) is -3.85. The van der Waals surface area contributed by atoms with Crippen LogP contribution in [0.15, 0.2) is 35.5 Å². The smallest absolute Gasteiger partial charge is 0.304 e. The van der Waals surface area contributed by atoms with Crippen LogP contribution < -0.4 is 14.9 Å². The fraction of sp³-hybridized carbons (Fsp3) is 0.154. The molecule has 11 heteroatoms. The lowest BCUT2D eigenvalue weighted by Gasteiger charge is -2.15. The van der Waals surface area contributed by atoms with Crippen molar-refractivity contribution in [2.45, 2.75) is 11.3 Å². The molecule has 0 atom stereocenters. The summed E-state index contributed by atoms with van der Waals surface area (Å²) in [6.07, 6.45) is 2.52. The minimum absolute atomic E-state index is 0.0386. The number of anilines is 1. The maximum atomic E-state index is 12.2. The summed E-state index contributed by atoms with van der Waals surface area (Å²) in [5, 5.41) is 16.9. The molecule has 2 rings (SSSR count). The summed E-state index contributed by atoms with van der Waals surface area (Å²) in [6.45, 7) is -0.214. The third kappa shape index (κ3) is 3.91. The van der Waals surface area contributed by atoms with E-state index in [1.54, 1.807) is 0 Å². The lowest BCUT2D eigenvalue weighted by atomic mass is 10.1. The molecule has 0 fully saturated rings. The molecule has 0 aliphatic heterocycles. The number of guanidine groups is 1. The van der Waals surface area contributed by atoms with Crippen LogP contribution in [0.5, 0.6) is 0 Å². The zero-order valence-corrected chi connectivity index (χ0v) is 13.8. The number of benzene rings is 1. The van der Waals surface area contributed by atoms with Crippen molar-refractivity contribution < 1.29 is 18.3 Å². The SMILES string of the molecule is N=C(N)N(Cl)c1cncc2cc(S(=O)(=O)NCCC(=O)O)ccc12. The van der Waals surface area contributed by atoms with Crippen molar-refractivity contribution in [1.82, 2.24) is 9.71 Å². The second-order valence-corrected chi connectivity index (χ2v) is 6.85. The molecule has 0 saturated carbocycles. The molecule has 0 aliphatic carbocycles. The van der Waals surface area contributed by atoms with E-state index in [1.165, 1.54) is 30.6 Å². The number of pyridine rings is 1. The Morgan fingerprint density at radius 3 is 2.75 bits per heavy atom. The van der Waals surface area contributed by atoms with Crippen molar-refractivity contribution in [2.75, 3.05) is 11.0 Å². The molecule has 0 aliphatic rings. The molecule has 2 aromatic rings. The number of sulfonamides is 1. The predicted octanol–water partition coefficient (Wildman–Crippen LogP) is 0.841. The van der Waals surface area contributed by atoms with Gasteiger partial charge >= 0.3 is 5.97 Å². The predicted molar refractivity (Wildman–Crippen MR) is 89.4 cm³/mol. The van der Waals surface area contributed by atoms with Crippen LogP contribution in [-0.2, 0) is 14.8 Å². The van der Waals surface area contributed by atoms with Crippen LogP contribution in [0, 0.1) is 5.41 Å². The number of nitrogens with two attached hydrogens (primary N) is 1. The topological polar surface area (TPSA) is 149 Å². The fourth-order valence-electron chi connectivity index (χ4n) is 1.97. The molecular formula is C13H14ClN5O4S. The van der Waals surface area contributed by atoms with E-state index in [9.17, 15) is 13.2 Å².